The van der Waals surface area contributed by atoms with Crippen LogP contribution in [0.25, 0.3) is 99.1 Å². The standard InChI is InChI=1S/C52H34N2/c1-2-11-35(12-3-1)37-21-23-38(24-22-37)40-15-10-16-43(31-40)53-49-19-8-6-17-45(49)47-33-41(26-29-51(47)53)42-27-30-52-48(34-42)46-18-7-9-20-50(46)54(52)44-28-25-36-13-4-5-14-39(36)32-44/h1-34H. The van der Waals surface area contributed by atoms with Crippen molar-refractivity contribution in [2.45, 2.75) is 0 Å². The highest BCUT2D eigenvalue weighted by molar-refractivity contribution is 6.13. The molecule has 0 radical (unpaired) electrons. The summed E-state index contributed by atoms with van der Waals surface area (Å²) in [6.45, 7) is 0. The van der Waals surface area contributed by atoms with Crippen LogP contribution in [0.1, 0.15) is 0 Å². The molecule has 0 aliphatic carbocycles. The Bertz CT molecular complexity index is 3200. The number of para-hydroxylation sites is 2. The number of rotatable bonds is 5. The minimum Gasteiger partial charge on any atom is -0.309 e. The molecule has 2 heteroatoms. The van der Waals surface area contributed by atoms with Crippen LogP contribution >= 0.6 is 0 Å². The highest BCUT2D eigenvalue weighted by Crippen LogP contribution is 2.39. The van der Waals surface area contributed by atoms with Crippen LogP contribution in [0.15, 0.2) is 206 Å². The maximum Gasteiger partial charge on any atom is 0.0541 e. The molecule has 11 aromatic rings. The highest BCUT2D eigenvalue weighted by Gasteiger charge is 2.16. The largest absolute Gasteiger partial charge is 0.309 e. The Morgan fingerprint density at radius 2 is 0.667 bits per heavy atom. The average molecular weight is 687 g/mol. The third-order valence-electron chi connectivity index (χ3n) is 11.1. The second-order valence-electron chi connectivity index (χ2n) is 14.2. The van der Waals surface area contributed by atoms with Gasteiger partial charge in [-0.15, -0.1) is 0 Å². The summed E-state index contributed by atoms with van der Waals surface area (Å²) in [6.07, 6.45) is 0. The van der Waals surface area contributed by atoms with Crippen LogP contribution in [0.2, 0.25) is 0 Å². The molecule has 0 spiro atoms. The monoisotopic (exact) mass is 686 g/mol. The number of benzene rings is 9. The van der Waals surface area contributed by atoms with Crippen LogP contribution in [0, 0.1) is 0 Å². The Kier molecular flexibility index (Phi) is 6.90. The molecule has 0 N–H and O–H groups in total. The molecule has 0 saturated heterocycles. The number of nitrogens with zero attached hydrogens (tertiary/aromatic N) is 2. The fourth-order valence-corrected chi connectivity index (χ4v) is 8.49. The zero-order valence-electron chi connectivity index (χ0n) is 29.5. The van der Waals surface area contributed by atoms with Crippen molar-refractivity contribution in [3.05, 3.63) is 206 Å². The lowest BCUT2D eigenvalue weighted by molar-refractivity contribution is 1.18. The van der Waals surface area contributed by atoms with Crippen LogP contribution in [-0.2, 0) is 0 Å². The summed E-state index contributed by atoms with van der Waals surface area (Å²) >= 11 is 0. The van der Waals surface area contributed by atoms with Gasteiger partial charge in [0.05, 0.1) is 22.1 Å². The Labute approximate surface area is 313 Å². The molecule has 0 unspecified atom stereocenters. The van der Waals surface area contributed by atoms with Gasteiger partial charge in [0, 0.05) is 32.9 Å². The molecule has 0 amide bonds. The highest BCUT2D eigenvalue weighted by atomic mass is 15.0. The molecule has 0 saturated carbocycles. The summed E-state index contributed by atoms with van der Waals surface area (Å²) in [5.41, 5.74) is 14.4. The van der Waals surface area contributed by atoms with E-state index in [0.29, 0.717) is 0 Å². The molecular weight excluding hydrogens is 653 g/mol. The lowest BCUT2D eigenvalue weighted by atomic mass is 10.00. The second kappa shape index (κ2) is 12.2. The van der Waals surface area contributed by atoms with Gasteiger partial charge >= 0.3 is 0 Å². The molecule has 0 bridgehead atoms. The Balaban J connectivity index is 1.02. The Morgan fingerprint density at radius 3 is 1.31 bits per heavy atom. The van der Waals surface area contributed by atoms with Crippen molar-refractivity contribution in [3.8, 4) is 44.8 Å². The summed E-state index contributed by atoms with van der Waals surface area (Å²) in [5, 5.41) is 7.51. The average Bonchev–Trinajstić information content (AvgIpc) is 3.76. The van der Waals surface area contributed by atoms with Crippen molar-refractivity contribution >= 4 is 54.4 Å². The summed E-state index contributed by atoms with van der Waals surface area (Å²) < 4.78 is 4.82. The first-order chi connectivity index (χ1) is 26.8. The van der Waals surface area contributed by atoms with Gasteiger partial charge < -0.3 is 9.13 Å². The van der Waals surface area contributed by atoms with Gasteiger partial charge in [-0.1, -0.05) is 146 Å². The van der Waals surface area contributed by atoms with Gasteiger partial charge in [0.2, 0.25) is 0 Å². The van der Waals surface area contributed by atoms with E-state index in [0.717, 1.165) is 5.69 Å². The molecule has 2 heterocycles. The van der Waals surface area contributed by atoms with E-state index in [-0.39, 0.29) is 0 Å². The van der Waals surface area contributed by atoms with E-state index in [2.05, 4.69) is 215 Å². The lowest BCUT2D eigenvalue weighted by Gasteiger charge is -2.11. The zero-order chi connectivity index (χ0) is 35.6. The van der Waals surface area contributed by atoms with Crippen molar-refractivity contribution in [2.75, 3.05) is 0 Å². The second-order valence-corrected chi connectivity index (χ2v) is 14.2. The topological polar surface area (TPSA) is 9.86 Å². The number of hydrogen-bond acceptors (Lipinski definition) is 0. The molecule has 0 aliphatic rings. The first-order valence-electron chi connectivity index (χ1n) is 18.6. The fraction of sp³-hybridized carbons (Fsp3) is 0. The van der Waals surface area contributed by atoms with E-state index >= 15 is 0 Å². The van der Waals surface area contributed by atoms with Crippen LogP contribution in [0.5, 0.6) is 0 Å². The molecule has 11 rings (SSSR count). The van der Waals surface area contributed by atoms with Gasteiger partial charge in [0.1, 0.15) is 0 Å². The van der Waals surface area contributed by atoms with Gasteiger partial charge in [0.15, 0.2) is 0 Å². The summed E-state index contributed by atoms with van der Waals surface area (Å²) in [4.78, 5) is 0. The lowest BCUT2D eigenvalue weighted by Crippen LogP contribution is -1.94. The van der Waals surface area contributed by atoms with Gasteiger partial charge in [-0.25, -0.2) is 0 Å². The molecule has 0 fully saturated rings. The van der Waals surface area contributed by atoms with Gasteiger partial charge in [0.25, 0.3) is 0 Å². The molecule has 0 aliphatic heterocycles. The first kappa shape index (κ1) is 30.5. The van der Waals surface area contributed by atoms with E-state index in [1.54, 1.807) is 0 Å². The van der Waals surface area contributed by atoms with Crippen LogP contribution in [0.3, 0.4) is 0 Å². The molecule has 9 aromatic carbocycles. The molecule has 252 valence electrons. The van der Waals surface area contributed by atoms with Gasteiger partial charge in [-0.2, -0.15) is 0 Å². The normalized spacial score (nSPS) is 11.7. The SMILES string of the molecule is c1ccc(-c2ccc(-c3cccc(-n4c5ccccc5c5cc(-c6ccc7c(c6)c6ccccc6n7-c6ccc7ccccc7c6)ccc54)c3)cc2)cc1. The van der Waals surface area contributed by atoms with Crippen molar-refractivity contribution in [1.29, 1.82) is 0 Å². The van der Waals surface area contributed by atoms with Gasteiger partial charge in [-0.05, 0) is 105 Å². The third-order valence-corrected chi connectivity index (χ3v) is 11.1. The van der Waals surface area contributed by atoms with E-state index in [9.17, 15) is 0 Å². The third kappa shape index (κ3) is 4.88. The Hall–Kier alpha value is -7.16. The van der Waals surface area contributed by atoms with Gasteiger partial charge in [-0.3, -0.25) is 0 Å². The zero-order valence-corrected chi connectivity index (χ0v) is 29.5. The molecule has 0 atom stereocenters. The minimum atomic E-state index is 1.15. The van der Waals surface area contributed by atoms with Crippen LogP contribution < -0.4 is 0 Å². The number of hydrogen-bond donors (Lipinski definition) is 0. The number of aromatic nitrogens is 2. The predicted molar refractivity (Wildman–Crippen MR) is 229 cm³/mol. The van der Waals surface area contributed by atoms with E-state index in [1.165, 1.54) is 93.5 Å². The molecule has 54 heavy (non-hydrogen) atoms. The molecule has 2 aromatic heterocycles. The molecule has 2 nitrogen and oxygen atoms in total. The van der Waals surface area contributed by atoms with Crippen LogP contribution in [0.4, 0.5) is 0 Å². The maximum atomic E-state index is 2.41. The number of fused-ring (bicyclic) bond motifs is 7. The van der Waals surface area contributed by atoms with Crippen molar-refractivity contribution < 1.29 is 0 Å². The first-order valence-corrected chi connectivity index (χ1v) is 18.6. The van der Waals surface area contributed by atoms with E-state index < -0.39 is 0 Å². The van der Waals surface area contributed by atoms with Crippen molar-refractivity contribution in [2.24, 2.45) is 0 Å². The maximum absolute atomic E-state index is 2.41. The Morgan fingerprint density at radius 1 is 0.222 bits per heavy atom. The quantitative estimate of drug-likeness (QED) is 0.171. The smallest absolute Gasteiger partial charge is 0.0541 e. The van der Waals surface area contributed by atoms with Crippen molar-refractivity contribution in [1.82, 2.24) is 9.13 Å². The predicted octanol–water partition coefficient (Wildman–Crippen LogP) is 14.0. The van der Waals surface area contributed by atoms with E-state index in [1.807, 2.05) is 0 Å². The van der Waals surface area contributed by atoms with Crippen molar-refractivity contribution in [3.63, 3.8) is 0 Å². The summed E-state index contributed by atoms with van der Waals surface area (Å²) in [6, 6.07) is 75.2. The fourth-order valence-electron chi connectivity index (χ4n) is 8.49. The summed E-state index contributed by atoms with van der Waals surface area (Å²) in [5.74, 6) is 0. The summed E-state index contributed by atoms with van der Waals surface area (Å²) in [7, 11) is 0. The van der Waals surface area contributed by atoms with E-state index in [4.69, 9.17) is 0 Å². The minimum absolute atomic E-state index is 1.15. The van der Waals surface area contributed by atoms with Crippen LogP contribution in [-0.4, -0.2) is 9.13 Å². The molecular formula is C52H34N2.